The lowest BCUT2D eigenvalue weighted by molar-refractivity contribution is 0.275. The molecule has 0 fully saturated rings. The molecule has 2 nitrogen and oxygen atoms in total. The summed E-state index contributed by atoms with van der Waals surface area (Å²) in [5.41, 5.74) is 3.21. The molecule has 0 radical (unpaired) electrons. The Kier molecular flexibility index (Phi) is 3.40. The van der Waals surface area contributed by atoms with E-state index in [0.717, 1.165) is 16.7 Å². The zero-order valence-electron chi connectivity index (χ0n) is 9.94. The fraction of sp³-hybridized carbons (Fsp3) is 0.133. The summed E-state index contributed by atoms with van der Waals surface area (Å²) in [7, 11) is 0. The summed E-state index contributed by atoms with van der Waals surface area (Å²) in [6.45, 7) is 1.47. The van der Waals surface area contributed by atoms with Crippen molar-refractivity contribution < 1.29 is 9.50 Å². The number of aliphatic hydroxyl groups excluding tert-OH is 1. The first-order chi connectivity index (χ1) is 8.65. The van der Waals surface area contributed by atoms with E-state index >= 15 is 0 Å². The molecule has 0 atom stereocenters. The van der Waals surface area contributed by atoms with Crippen molar-refractivity contribution >= 4 is 0 Å². The normalized spacial score (nSPS) is 10.1. The van der Waals surface area contributed by atoms with E-state index in [1.165, 1.54) is 6.07 Å². The van der Waals surface area contributed by atoms with Crippen LogP contribution >= 0.6 is 0 Å². The molecule has 90 valence electrons. The van der Waals surface area contributed by atoms with Crippen LogP contribution in [-0.4, -0.2) is 5.11 Å². The SMILES string of the molecule is Cc1cc(-c2ccc(C#N)cc2)cc(F)c1CO. The van der Waals surface area contributed by atoms with Crippen LogP contribution in [-0.2, 0) is 6.61 Å². The average molecular weight is 241 g/mol. The number of nitriles is 1. The maximum Gasteiger partial charge on any atom is 0.129 e. The Morgan fingerprint density at radius 3 is 2.33 bits per heavy atom. The van der Waals surface area contributed by atoms with Crippen molar-refractivity contribution in [3.8, 4) is 17.2 Å². The highest BCUT2D eigenvalue weighted by atomic mass is 19.1. The number of aliphatic hydroxyl groups is 1. The third kappa shape index (κ3) is 2.24. The summed E-state index contributed by atoms with van der Waals surface area (Å²) in [6, 6.07) is 12.2. The molecule has 0 spiro atoms. The van der Waals surface area contributed by atoms with Gasteiger partial charge in [-0.1, -0.05) is 18.2 Å². The predicted octanol–water partition coefficient (Wildman–Crippen LogP) is 3.17. The lowest BCUT2D eigenvalue weighted by Gasteiger charge is -2.08. The lowest BCUT2D eigenvalue weighted by Crippen LogP contribution is -1.95. The zero-order chi connectivity index (χ0) is 13.1. The smallest absolute Gasteiger partial charge is 0.129 e. The first kappa shape index (κ1) is 12.3. The highest BCUT2D eigenvalue weighted by molar-refractivity contribution is 5.65. The van der Waals surface area contributed by atoms with Gasteiger partial charge in [-0.05, 0) is 41.8 Å². The summed E-state index contributed by atoms with van der Waals surface area (Å²) < 4.78 is 13.7. The van der Waals surface area contributed by atoms with Gasteiger partial charge in [0.2, 0.25) is 0 Å². The van der Waals surface area contributed by atoms with E-state index < -0.39 is 5.82 Å². The number of hydrogen-bond donors (Lipinski definition) is 1. The Hall–Kier alpha value is -2.18. The van der Waals surface area contributed by atoms with Gasteiger partial charge < -0.3 is 5.11 Å². The van der Waals surface area contributed by atoms with Crippen molar-refractivity contribution in [1.29, 1.82) is 5.26 Å². The van der Waals surface area contributed by atoms with E-state index in [4.69, 9.17) is 10.4 Å². The van der Waals surface area contributed by atoms with E-state index in [0.29, 0.717) is 11.1 Å². The van der Waals surface area contributed by atoms with Crippen molar-refractivity contribution in [3.63, 3.8) is 0 Å². The molecule has 2 aromatic carbocycles. The van der Waals surface area contributed by atoms with Crippen molar-refractivity contribution in [2.24, 2.45) is 0 Å². The molecule has 1 N–H and O–H groups in total. The van der Waals surface area contributed by atoms with E-state index in [2.05, 4.69) is 0 Å². The molecule has 0 aromatic heterocycles. The molecule has 0 aliphatic rings. The summed E-state index contributed by atoms with van der Waals surface area (Å²) in [5, 5.41) is 17.8. The first-order valence-electron chi connectivity index (χ1n) is 5.56. The molecular weight excluding hydrogens is 229 g/mol. The molecule has 0 saturated carbocycles. The van der Waals surface area contributed by atoms with Crippen molar-refractivity contribution in [3.05, 3.63) is 58.9 Å². The maximum absolute atomic E-state index is 13.7. The molecule has 3 heteroatoms. The van der Waals surface area contributed by atoms with Crippen molar-refractivity contribution in [2.75, 3.05) is 0 Å². The van der Waals surface area contributed by atoms with Crippen LogP contribution in [0, 0.1) is 24.1 Å². The molecule has 18 heavy (non-hydrogen) atoms. The maximum atomic E-state index is 13.7. The molecular formula is C15H12FNO. The summed E-state index contributed by atoms with van der Waals surface area (Å²) >= 11 is 0. The van der Waals surface area contributed by atoms with Crippen LogP contribution in [0.5, 0.6) is 0 Å². The molecule has 0 amide bonds. The second-order valence-corrected chi connectivity index (χ2v) is 4.10. The minimum absolute atomic E-state index is 0.300. The van der Waals surface area contributed by atoms with Gasteiger partial charge in [-0.25, -0.2) is 4.39 Å². The number of rotatable bonds is 2. The van der Waals surface area contributed by atoms with Crippen LogP contribution in [0.15, 0.2) is 36.4 Å². The second-order valence-electron chi connectivity index (χ2n) is 4.10. The van der Waals surface area contributed by atoms with Crippen LogP contribution in [0.3, 0.4) is 0 Å². The molecule has 0 bridgehead atoms. The third-order valence-electron chi connectivity index (χ3n) is 2.92. The van der Waals surface area contributed by atoms with Crippen molar-refractivity contribution in [2.45, 2.75) is 13.5 Å². The highest BCUT2D eigenvalue weighted by Crippen LogP contribution is 2.25. The Morgan fingerprint density at radius 2 is 1.83 bits per heavy atom. The van der Waals surface area contributed by atoms with Gasteiger partial charge in [0.05, 0.1) is 18.2 Å². The van der Waals surface area contributed by atoms with Gasteiger partial charge in [0.1, 0.15) is 5.82 Å². The van der Waals surface area contributed by atoms with Crippen LogP contribution < -0.4 is 0 Å². The van der Waals surface area contributed by atoms with Crippen LogP contribution in [0.2, 0.25) is 0 Å². The standard InChI is InChI=1S/C15H12FNO/c1-10-6-13(7-15(16)14(10)9-18)12-4-2-11(8-17)3-5-12/h2-7,18H,9H2,1H3. The van der Waals surface area contributed by atoms with E-state index in [1.54, 1.807) is 31.2 Å². The van der Waals surface area contributed by atoms with E-state index in [-0.39, 0.29) is 6.61 Å². The molecule has 0 aliphatic heterocycles. The molecule has 2 aromatic rings. The quantitative estimate of drug-likeness (QED) is 0.877. The van der Waals surface area contributed by atoms with Crippen LogP contribution in [0.4, 0.5) is 4.39 Å². The van der Waals surface area contributed by atoms with Crippen molar-refractivity contribution in [1.82, 2.24) is 0 Å². The van der Waals surface area contributed by atoms with Crippen LogP contribution in [0.25, 0.3) is 11.1 Å². The van der Waals surface area contributed by atoms with Gasteiger partial charge in [-0.2, -0.15) is 5.26 Å². The number of hydrogen-bond acceptors (Lipinski definition) is 2. The van der Waals surface area contributed by atoms with Crippen LogP contribution in [0.1, 0.15) is 16.7 Å². The average Bonchev–Trinajstić information content (AvgIpc) is 2.38. The lowest BCUT2D eigenvalue weighted by atomic mass is 9.99. The summed E-state index contributed by atoms with van der Waals surface area (Å²) in [4.78, 5) is 0. The summed E-state index contributed by atoms with van der Waals surface area (Å²) in [5.74, 6) is -0.406. The number of benzene rings is 2. The van der Waals surface area contributed by atoms with E-state index in [1.807, 2.05) is 12.1 Å². The topological polar surface area (TPSA) is 44.0 Å². The predicted molar refractivity (Wildman–Crippen MR) is 67.2 cm³/mol. The second kappa shape index (κ2) is 4.99. The number of nitrogens with zero attached hydrogens (tertiary/aromatic N) is 1. The van der Waals surface area contributed by atoms with Gasteiger partial charge in [-0.3, -0.25) is 0 Å². The fourth-order valence-corrected chi connectivity index (χ4v) is 1.88. The zero-order valence-corrected chi connectivity index (χ0v) is 9.94. The molecule has 2 rings (SSSR count). The number of halogens is 1. The van der Waals surface area contributed by atoms with Gasteiger partial charge >= 0.3 is 0 Å². The molecule has 0 aliphatic carbocycles. The Bertz CT molecular complexity index is 588. The van der Waals surface area contributed by atoms with E-state index in [9.17, 15) is 4.39 Å². The largest absolute Gasteiger partial charge is 0.392 e. The first-order valence-corrected chi connectivity index (χ1v) is 5.56. The van der Waals surface area contributed by atoms with Gasteiger partial charge in [-0.15, -0.1) is 0 Å². The fourth-order valence-electron chi connectivity index (χ4n) is 1.88. The summed E-state index contributed by atoms with van der Waals surface area (Å²) in [6.07, 6.45) is 0. The monoisotopic (exact) mass is 241 g/mol. The van der Waals surface area contributed by atoms with Gasteiger partial charge in [0, 0.05) is 5.56 Å². The molecule has 0 saturated heterocycles. The Labute approximate surface area is 105 Å². The van der Waals surface area contributed by atoms with Gasteiger partial charge in [0.15, 0.2) is 0 Å². The molecule has 0 unspecified atom stereocenters. The Balaban J connectivity index is 2.48. The minimum atomic E-state index is -0.406. The Morgan fingerprint density at radius 1 is 1.17 bits per heavy atom. The van der Waals surface area contributed by atoms with Gasteiger partial charge in [0.25, 0.3) is 0 Å². The third-order valence-corrected chi connectivity index (χ3v) is 2.92. The minimum Gasteiger partial charge on any atom is -0.392 e. The highest BCUT2D eigenvalue weighted by Gasteiger charge is 2.08. The number of aryl methyl sites for hydroxylation is 1. The molecule has 0 heterocycles.